The van der Waals surface area contributed by atoms with Gasteiger partial charge in [-0.05, 0) is 36.4 Å². The normalized spacial score (nSPS) is 11.4. The lowest BCUT2D eigenvalue weighted by molar-refractivity contribution is -0.137. The van der Waals surface area contributed by atoms with Crippen molar-refractivity contribution >= 4 is 44.7 Å². The van der Waals surface area contributed by atoms with Crippen molar-refractivity contribution in [3.63, 3.8) is 0 Å². The highest BCUT2D eigenvalue weighted by Crippen LogP contribution is 2.37. The van der Waals surface area contributed by atoms with Crippen molar-refractivity contribution in [3.05, 3.63) is 53.0 Å². The summed E-state index contributed by atoms with van der Waals surface area (Å²) in [7, 11) is 0. The number of rotatable bonds is 3. The lowest BCUT2D eigenvalue weighted by Crippen LogP contribution is -2.17. The van der Waals surface area contributed by atoms with Crippen molar-refractivity contribution in [2.24, 2.45) is 0 Å². The lowest BCUT2D eigenvalue weighted by Gasteiger charge is -2.15. The molecule has 0 aliphatic carbocycles. The van der Waals surface area contributed by atoms with E-state index in [1.807, 2.05) is 0 Å². The van der Waals surface area contributed by atoms with Crippen LogP contribution in [0.3, 0.4) is 0 Å². The number of alkyl halides is 3. The minimum absolute atomic E-state index is 0.00564. The molecule has 2 N–H and O–H groups in total. The second-order valence-corrected chi connectivity index (χ2v) is 6.31. The minimum atomic E-state index is -4.70. The van der Waals surface area contributed by atoms with Crippen LogP contribution < -0.4 is 10.6 Å². The molecule has 0 radical (unpaired) electrons. The van der Waals surface area contributed by atoms with E-state index in [0.717, 1.165) is 16.8 Å². The standard InChI is InChI=1S/C17H12F3N3O2S/c1-9(24)22-11-3-5-13(12(7-11)17(18,19)20)23-16(25)10-2-4-14-15(6-10)26-8-21-14/h2-8H,1H3,(H,22,24)(H,23,25). The molecule has 2 amide bonds. The van der Waals surface area contributed by atoms with Crippen molar-refractivity contribution in [2.75, 3.05) is 10.6 Å². The molecule has 0 fully saturated rings. The fourth-order valence-electron chi connectivity index (χ4n) is 2.36. The summed E-state index contributed by atoms with van der Waals surface area (Å²) in [5.74, 6) is -1.16. The zero-order valence-electron chi connectivity index (χ0n) is 13.3. The summed E-state index contributed by atoms with van der Waals surface area (Å²) >= 11 is 1.33. The topological polar surface area (TPSA) is 71.1 Å². The number of hydrogen-bond acceptors (Lipinski definition) is 4. The summed E-state index contributed by atoms with van der Waals surface area (Å²) in [5.41, 5.74) is 1.11. The molecule has 0 aliphatic rings. The van der Waals surface area contributed by atoms with E-state index in [1.165, 1.54) is 30.4 Å². The van der Waals surface area contributed by atoms with Gasteiger partial charge in [-0.3, -0.25) is 9.59 Å². The Hall–Kier alpha value is -2.94. The van der Waals surface area contributed by atoms with E-state index in [1.54, 1.807) is 17.6 Å². The first kappa shape index (κ1) is 17.9. The highest BCUT2D eigenvalue weighted by atomic mass is 32.1. The lowest BCUT2D eigenvalue weighted by atomic mass is 10.1. The van der Waals surface area contributed by atoms with Crippen molar-refractivity contribution in [1.82, 2.24) is 4.98 Å². The third-order valence-corrected chi connectivity index (χ3v) is 4.28. The zero-order valence-corrected chi connectivity index (χ0v) is 14.2. The predicted molar refractivity (Wildman–Crippen MR) is 93.3 cm³/mol. The van der Waals surface area contributed by atoms with Crippen LogP contribution in [-0.2, 0) is 11.0 Å². The Morgan fingerprint density at radius 1 is 1.08 bits per heavy atom. The first-order valence-electron chi connectivity index (χ1n) is 7.37. The van der Waals surface area contributed by atoms with E-state index in [0.29, 0.717) is 5.52 Å². The number of carbonyl (C=O) groups is 2. The van der Waals surface area contributed by atoms with Crippen LogP contribution in [-0.4, -0.2) is 16.8 Å². The van der Waals surface area contributed by atoms with Crippen LogP contribution in [0.1, 0.15) is 22.8 Å². The van der Waals surface area contributed by atoms with E-state index in [-0.39, 0.29) is 16.9 Å². The molecule has 0 aliphatic heterocycles. The molecule has 0 spiro atoms. The monoisotopic (exact) mass is 379 g/mol. The number of amides is 2. The smallest absolute Gasteiger partial charge is 0.326 e. The fraction of sp³-hybridized carbons (Fsp3) is 0.118. The summed E-state index contributed by atoms with van der Waals surface area (Å²) < 4.78 is 40.7. The molecule has 1 heterocycles. The number of thiazole rings is 1. The summed E-state index contributed by atoms with van der Waals surface area (Å²) in [6.07, 6.45) is -4.70. The molecule has 0 saturated heterocycles. The van der Waals surface area contributed by atoms with E-state index in [9.17, 15) is 22.8 Å². The van der Waals surface area contributed by atoms with Gasteiger partial charge in [0.25, 0.3) is 5.91 Å². The van der Waals surface area contributed by atoms with E-state index >= 15 is 0 Å². The molecule has 3 rings (SSSR count). The van der Waals surface area contributed by atoms with Crippen molar-refractivity contribution < 1.29 is 22.8 Å². The summed E-state index contributed by atoms with van der Waals surface area (Å²) in [6.45, 7) is 1.19. The largest absolute Gasteiger partial charge is 0.418 e. The number of carbonyl (C=O) groups excluding carboxylic acids is 2. The molecule has 9 heteroatoms. The maximum Gasteiger partial charge on any atom is 0.418 e. The quantitative estimate of drug-likeness (QED) is 0.703. The predicted octanol–water partition coefficient (Wildman–Crippen LogP) is 4.53. The second kappa shape index (κ2) is 6.75. The molecular formula is C17H12F3N3O2S. The Morgan fingerprint density at radius 2 is 1.85 bits per heavy atom. The molecule has 0 unspecified atom stereocenters. The Morgan fingerprint density at radius 3 is 2.54 bits per heavy atom. The van der Waals surface area contributed by atoms with Gasteiger partial charge in [0.15, 0.2) is 0 Å². The van der Waals surface area contributed by atoms with Crippen molar-refractivity contribution in [2.45, 2.75) is 13.1 Å². The number of fused-ring (bicyclic) bond motifs is 1. The Labute approximate surface area is 149 Å². The third-order valence-electron chi connectivity index (χ3n) is 3.49. The van der Waals surface area contributed by atoms with Gasteiger partial charge in [-0.2, -0.15) is 13.2 Å². The number of halogens is 3. The first-order valence-corrected chi connectivity index (χ1v) is 8.25. The third kappa shape index (κ3) is 3.83. The molecule has 134 valence electrons. The molecular weight excluding hydrogens is 367 g/mol. The zero-order chi connectivity index (χ0) is 18.9. The van der Waals surface area contributed by atoms with Crippen LogP contribution in [0, 0.1) is 0 Å². The molecule has 3 aromatic rings. The average Bonchev–Trinajstić information content (AvgIpc) is 3.02. The Bertz CT molecular complexity index is 998. The highest BCUT2D eigenvalue weighted by molar-refractivity contribution is 7.16. The first-order chi connectivity index (χ1) is 12.2. The van der Waals surface area contributed by atoms with Gasteiger partial charge >= 0.3 is 6.18 Å². The molecule has 0 bridgehead atoms. The van der Waals surface area contributed by atoms with Crippen LogP contribution in [0.15, 0.2) is 41.9 Å². The average molecular weight is 379 g/mol. The van der Waals surface area contributed by atoms with Crippen LogP contribution >= 0.6 is 11.3 Å². The van der Waals surface area contributed by atoms with Gasteiger partial charge < -0.3 is 10.6 Å². The van der Waals surface area contributed by atoms with Crippen LogP contribution in [0.2, 0.25) is 0 Å². The molecule has 26 heavy (non-hydrogen) atoms. The van der Waals surface area contributed by atoms with Crippen LogP contribution in [0.4, 0.5) is 24.5 Å². The number of nitrogens with zero attached hydrogens (tertiary/aromatic N) is 1. The molecule has 0 atom stereocenters. The summed E-state index contributed by atoms with van der Waals surface area (Å²) in [6, 6.07) is 7.88. The van der Waals surface area contributed by atoms with Gasteiger partial charge in [0.1, 0.15) is 0 Å². The molecule has 1 aromatic heterocycles. The molecule has 5 nitrogen and oxygen atoms in total. The number of anilines is 2. The Kier molecular flexibility index (Phi) is 4.64. The maximum atomic E-state index is 13.3. The van der Waals surface area contributed by atoms with Gasteiger partial charge in [-0.1, -0.05) is 0 Å². The number of benzene rings is 2. The van der Waals surface area contributed by atoms with E-state index in [4.69, 9.17) is 0 Å². The van der Waals surface area contributed by atoms with E-state index < -0.39 is 23.6 Å². The van der Waals surface area contributed by atoms with Gasteiger partial charge in [0.2, 0.25) is 5.91 Å². The second-order valence-electron chi connectivity index (χ2n) is 5.43. The van der Waals surface area contributed by atoms with Gasteiger partial charge in [-0.15, -0.1) is 11.3 Å². The van der Waals surface area contributed by atoms with Crippen LogP contribution in [0.25, 0.3) is 10.2 Å². The van der Waals surface area contributed by atoms with Gasteiger partial charge in [0, 0.05) is 18.2 Å². The van der Waals surface area contributed by atoms with Crippen molar-refractivity contribution in [1.29, 1.82) is 0 Å². The number of hydrogen-bond donors (Lipinski definition) is 2. The number of aromatic nitrogens is 1. The van der Waals surface area contributed by atoms with Crippen molar-refractivity contribution in [3.8, 4) is 0 Å². The highest BCUT2D eigenvalue weighted by Gasteiger charge is 2.34. The minimum Gasteiger partial charge on any atom is -0.326 e. The van der Waals surface area contributed by atoms with Crippen LogP contribution in [0.5, 0.6) is 0 Å². The number of nitrogens with one attached hydrogen (secondary N) is 2. The van der Waals surface area contributed by atoms with Gasteiger partial charge in [0.05, 0.1) is 27.0 Å². The summed E-state index contributed by atoms with van der Waals surface area (Å²) in [5, 5.41) is 4.57. The fourth-order valence-corrected chi connectivity index (χ4v) is 3.08. The summed E-state index contributed by atoms with van der Waals surface area (Å²) in [4.78, 5) is 27.5. The maximum absolute atomic E-state index is 13.3. The van der Waals surface area contributed by atoms with Gasteiger partial charge in [-0.25, -0.2) is 4.98 Å². The molecule has 0 saturated carbocycles. The Balaban J connectivity index is 1.92. The van der Waals surface area contributed by atoms with E-state index in [2.05, 4.69) is 15.6 Å². The SMILES string of the molecule is CC(=O)Nc1ccc(NC(=O)c2ccc3ncsc3c2)c(C(F)(F)F)c1. The molecule has 2 aromatic carbocycles.